The molecule has 0 saturated carbocycles. The minimum absolute atomic E-state index is 0. The molecule has 3 aromatic rings. The average molecular weight is 494 g/mol. The van der Waals surface area contributed by atoms with Crippen LogP contribution in [0, 0.1) is 6.20 Å². The van der Waals surface area contributed by atoms with Gasteiger partial charge in [-0.2, -0.15) is 9.97 Å². The van der Waals surface area contributed by atoms with Gasteiger partial charge in [0.15, 0.2) is 5.65 Å². The summed E-state index contributed by atoms with van der Waals surface area (Å²) in [4.78, 5) is 23.3. The first-order valence-electron chi connectivity index (χ1n) is 10.4. The van der Waals surface area contributed by atoms with Gasteiger partial charge >= 0.3 is 0 Å². The van der Waals surface area contributed by atoms with Crippen LogP contribution < -0.4 is 9.80 Å². The first-order valence-corrected chi connectivity index (χ1v) is 10.4. The molecule has 5 rings (SSSR count). The van der Waals surface area contributed by atoms with Gasteiger partial charge in [0.25, 0.3) is 0 Å². The molecule has 0 aromatic carbocycles. The molecule has 1 radical (unpaired) electrons. The Morgan fingerprint density at radius 2 is 1.68 bits per heavy atom. The number of rotatable bonds is 3. The van der Waals surface area contributed by atoms with Crippen molar-refractivity contribution in [3.8, 4) is 11.3 Å². The maximum Gasteiger partial charge on any atom is 0.229 e. The van der Waals surface area contributed by atoms with Crippen molar-refractivity contribution in [1.82, 2.24) is 19.9 Å². The molecule has 0 aliphatic carbocycles. The number of morpholine rings is 2. The van der Waals surface area contributed by atoms with E-state index in [-0.39, 0.29) is 44.8 Å². The average Bonchev–Trinajstić information content (AvgIpc) is 2.79. The van der Waals surface area contributed by atoms with Crippen LogP contribution in [0.3, 0.4) is 0 Å². The largest absolute Gasteiger partial charge is 0.394 e. The fraction of sp³-hybridized carbons (Fsp3) is 0.455. The first kappa shape index (κ1) is 22.5. The Labute approximate surface area is 207 Å². The third kappa shape index (κ3) is 4.58. The van der Waals surface area contributed by atoms with E-state index >= 15 is 0 Å². The number of pyridine rings is 2. The van der Waals surface area contributed by atoms with E-state index in [1.165, 1.54) is 0 Å². The summed E-state index contributed by atoms with van der Waals surface area (Å²) in [5, 5.41) is 0.954. The third-order valence-electron chi connectivity index (χ3n) is 5.71. The van der Waals surface area contributed by atoms with Crippen molar-refractivity contribution in [2.45, 2.75) is 25.9 Å². The second-order valence-corrected chi connectivity index (χ2v) is 7.82. The van der Waals surface area contributed by atoms with Crippen molar-refractivity contribution in [2.75, 3.05) is 49.3 Å². The van der Waals surface area contributed by atoms with Gasteiger partial charge < -0.3 is 24.3 Å². The van der Waals surface area contributed by atoms with Gasteiger partial charge in [-0.25, -0.2) is 4.98 Å². The van der Waals surface area contributed by atoms with Gasteiger partial charge in [0.05, 0.1) is 43.9 Å². The maximum atomic E-state index is 5.65. The number of aromatic nitrogens is 4. The number of hydrogen-bond donors (Lipinski definition) is 0. The van der Waals surface area contributed by atoms with Gasteiger partial charge in [0, 0.05) is 51.5 Å². The first-order chi connectivity index (χ1) is 14.7. The second-order valence-electron chi connectivity index (χ2n) is 7.82. The maximum absolute atomic E-state index is 5.65. The number of fused-ring (bicyclic) bond motifs is 1. The van der Waals surface area contributed by atoms with Crippen molar-refractivity contribution < 1.29 is 42.2 Å². The van der Waals surface area contributed by atoms with E-state index in [0.717, 1.165) is 35.6 Å². The fourth-order valence-electron chi connectivity index (χ4n) is 4.03. The van der Waals surface area contributed by atoms with Crippen LogP contribution in [-0.2, 0) is 42.2 Å². The van der Waals surface area contributed by atoms with Crippen LogP contribution in [-0.4, -0.2) is 71.5 Å². The summed E-state index contributed by atoms with van der Waals surface area (Å²) in [6.45, 7) is 8.60. The van der Waals surface area contributed by atoms with E-state index in [0.29, 0.717) is 38.0 Å². The van der Waals surface area contributed by atoms with Crippen molar-refractivity contribution in [2.24, 2.45) is 0 Å². The van der Waals surface area contributed by atoms with Gasteiger partial charge in [-0.05, 0) is 26.0 Å². The number of nitrogens with zero attached hydrogens (tertiary/aromatic N) is 6. The van der Waals surface area contributed by atoms with Crippen molar-refractivity contribution in [1.29, 1.82) is 0 Å². The van der Waals surface area contributed by atoms with E-state index in [1.54, 1.807) is 6.20 Å². The standard InChI is InChI=1S/C22H25N6O2.Y/c1-15-13-29-11-9-27(15)21-18-3-4-19(17-5-7-23-8-6-17)24-20(18)25-22(26-21)28-10-12-30-14-16(28)2;/h3-7,15-16H,9-14H2,1-2H3;/q-1;/t15-,16-;/m0./s1. The SMILES string of the molecule is C[C@H]1COCCN1c1nc(N2CCOC[C@@H]2C)c2ccc(-c3c[c-]ncc3)nc2n1.[Y]. The Hall–Kier alpha value is -1.74. The van der Waals surface area contributed by atoms with E-state index < -0.39 is 0 Å². The Kier molecular flexibility index (Phi) is 7.11. The Bertz CT molecular complexity index is 1040. The van der Waals surface area contributed by atoms with E-state index in [1.807, 2.05) is 18.2 Å². The smallest absolute Gasteiger partial charge is 0.229 e. The zero-order chi connectivity index (χ0) is 20.5. The molecule has 0 bridgehead atoms. The van der Waals surface area contributed by atoms with Gasteiger partial charge in [-0.3, -0.25) is 0 Å². The second kappa shape index (κ2) is 9.82. The topological polar surface area (TPSA) is 76.5 Å². The molecule has 2 aliphatic rings. The van der Waals surface area contributed by atoms with Crippen LogP contribution in [0.1, 0.15) is 13.8 Å². The predicted molar refractivity (Wildman–Crippen MR) is 115 cm³/mol. The van der Waals surface area contributed by atoms with E-state index in [9.17, 15) is 0 Å². The molecular weight excluding hydrogens is 469 g/mol. The fourth-order valence-corrected chi connectivity index (χ4v) is 4.03. The third-order valence-corrected chi connectivity index (χ3v) is 5.71. The van der Waals surface area contributed by atoms with Crippen LogP contribution in [0.25, 0.3) is 22.3 Å². The monoisotopic (exact) mass is 494 g/mol. The number of hydrogen-bond acceptors (Lipinski definition) is 8. The van der Waals surface area contributed by atoms with E-state index in [4.69, 9.17) is 24.4 Å². The van der Waals surface area contributed by atoms with Crippen LogP contribution >= 0.6 is 0 Å². The number of ether oxygens (including phenoxy) is 2. The molecule has 159 valence electrons. The van der Waals surface area contributed by atoms with Crippen LogP contribution in [0.2, 0.25) is 0 Å². The predicted octanol–water partition coefficient (Wildman–Crippen LogP) is 2.33. The molecule has 2 saturated heterocycles. The van der Waals surface area contributed by atoms with Crippen molar-refractivity contribution in [3.05, 3.63) is 36.7 Å². The van der Waals surface area contributed by atoms with Crippen molar-refractivity contribution >= 4 is 22.8 Å². The van der Waals surface area contributed by atoms with Gasteiger partial charge in [-0.1, -0.05) is 12.4 Å². The summed E-state index contributed by atoms with van der Waals surface area (Å²) in [5.41, 5.74) is 2.51. The molecule has 5 heterocycles. The molecular formula is C22H25N6O2Y-. The molecule has 0 spiro atoms. The summed E-state index contributed by atoms with van der Waals surface area (Å²) in [7, 11) is 0. The molecule has 2 fully saturated rings. The van der Waals surface area contributed by atoms with Gasteiger partial charge in [-0.15, -0.1) is 17.7 Å². The molecule has 0 N–H and O–H groups in total. The minimum atomic E-state index is 0. The molecule has 2 atom stereocenters. The Balaban J connectivity index is 0.00000231. The number of anilines is 2. The molecule has 8 nitrogen and oxygen atoms in total. The summed E-state index contributed by atoms with van der Waals surface area (Å²) >= 11 is 0. The molecule has 0 unspecified atom stereocenters. The van der Waals surface area contributed by atoms with Gasteiger partial charge in [0.2, 0.25) is 5.95 Å². The van der Waals surface area contributed by atoms with Crippen LogP contribution in [0.5, 0.6) is 0 Å². The summed E-state index contributed by atoms with van der Waals surface area (Å²) < 4.78 is 11.3. The zero-order valence-electron chi connectivity index (χ0n) is 17.9. The minimum Gasteiger partial charge on any atom is -0.394 e. The quantitative estimate of drug-likeness (QED) is 0.514. The Morgan fingerprint density at radius 3 is 2.35 bits per heavy atom. The van der Waals surface area contributed by atoms with Gasteiger partial charge in [0.1, 0.15) is 5.82 Å². The summed E-state index contributed by atoms with van der Waals surface area (Å²) in [5.74, 6) is 1.63. The molecule has 31 heavy (non-hydrogen) atoms. The summed E-state index contributed by atoms with van der Waals surface area (Å²) in [6, 6.07) is 8.31. The normalized spacial score (nSPS) is 21.7. The molecule has 2 aliphatic heterocycles. The van der Waals surface area contributed by atoms with Crippen molar-refractivity contribution in [3.63, 3.8) is 0 Å². The summed E-state index contributed by atoms with van der Waals surface area (Å²) in [6.07, 6.45) is 4.60. The van der Waals surface area contributed by atoms with E-state index in [2.05, 4.69) is 40.9 Å². The molecule has 3 aromatic heterocycles. The zero-order valence-corrected chi connectivity index (χ0v) is 20.7. The molecule has 9 heteroatoms. The molecule has 0 amide bonds. The van der Waals surface area contributed by atoms with Crippen LogP contribution in [0.4, 0.5) is 11.8 Å². The van der Waals surface area contributed by atoms with Crippen LogP contribution in [0.15, 0.2) is 30.5 Å². The Morgan fingerprint density at radius 1 is 0.935 bits per heavy atom.